The molecule has 124 valence electrons. The number of rotatable bonds is 7. The van der Waals surface area contributed by atoms with Gasteiger partial charge in [0.05, 0.1) is 19.8 Å². The number of hydrogen-bond donors (Lipinski definition) is 1. The lowest BCUT2D eigenvalue weighted by atomic mass is 10.1. The molecular weight excluding hydrogens is 290 g/mol. The van der Waals surface area contributed by atoms with Gasteiger partial charge >= 0.3 is 0 Å². The van der Waals surface area contributed by atoms with Gasteiger partial charge in [-0.3, -0.25) is 4.90 Å². The third-order valence-corrected chi connectivity index (χ3v) is 4.06. The first-order valence-corrected chi connectivity index (χ1v) is 8.37. The highest BCUT2D eigenvalue weighted by Crippen LogP contribution is 2.19. The smallest absolute Gasteiger partial charge is 0.117 e. The van der Waals surface area contributed by atoms with Crippen LogP contribution in [0.2, 0.25) is 0 Å². The van der Waals surface area contributed by atoms with Crippen LogP contribution in [0, 0.1) is 0 Å². The van der Waals surface area contributed by atoms with Crippen LogP contribution in [-0.2, 0) is 17.8 Å². The van der Waals surface area contributed by atoms with Gasteiger partial charge in [0.15, 0.2) is 0 Å². The molecule has 0 amide bonds. The zero-order valence-electron chi connectivity index (χ0n) is 13.7. The second-order valence-electron chi connectivity index (χ2n) is 5.68. The molecule has 0 bridgehead atoms. The molecule has 1 N–H and O–H groups in total. The average molecular weight is 315 g/mol. The molecule has 6 nitrogen and oxygen atoms in total. The summed E-state index contributed by atoms with van der Waals surface area (Å²) < 4.78 is 5.37. The zero-order chi connectivity index (χ0) is 15.9. The van der Waals surface area contributed by atoms with Crippen molar-refractivity contribution in [3.05, 3.63) is 36.0 Å². The van der Waals surface area contributed by atoms with Crippen LogP contribution < -0.4 is 5.32 Å². The van der Waals surface area contributed by atoms with Crippen molar-refractivity contribution in [3.63, 3.8) is 0 Å². The second kappa shape index (κ2) is 8.19. The third kappa shape index (κ3) is 4.37. The predicted octanol–water partition coefficient (Wildman–Crippen LogP) is 1.39. The normalized spacial score (nSPS) is 15.9. The topological polar surface area (TPSA) is 55.2 Å². The molecule has 1 saturated heterocycles. The van der Waals surface area contributed by atoms with E-state index in [1.807, 2.05) is 18.2 Å². The van der Waals surface area contributed by atoms with Crippen molar-refractivity contribution in [2.45, 2.75) is 20.0 Å². The van der Waals surface area contributed by atoms with E-state index >= 15 is 0 Å². The van der Waals surface area contributed by atoms with Crippen molar-refractivity contribution in [2.75, 3.05) is 39.4 Å². The van der Waals surface area contributed by atoms with Gasteiger partial charge in [-0.25, -0.2) is 0 Å². The Labute approximate surface area is 137 Å². The SMILES string of the molecule is CCn1nc(CNCCN2CCOCC2)c(-c2ccccc2)n1. The van der Waals surface area contributed by atoms with Gasteiger partial charge in [-0.15, -0.1) is 0 Å². The van der Waals surface area contributed by atoms with E-state index in [1.165, 1.54) is 0 Å². The van der Waals surface area contributed by atoms with Gasteiger partial charge in [-0.05, 0) is 6.92 Å². The van der Waals surface area contributed by atoms with E-state index < -0.39 is 0 Å². The molecule has 1 aromatic carbocycles. The monoisotopic (exact) mass is 315 g/mol. The van der Waals surface area contributed by atoms with Crippen LogP contribution in [0.25, 0.3) is 11.3 Å². The van der Waals surface area contributed by atoms with E-state index in [-0.39, 0.29) is 0 Å². The summed E-state index contributed by atoms with van der Waals surface area (Å²) in [6.07, 6.45) is 0. The first kappa shape index (κ1) is 16.1. The van der Waals surface area contributed by atoms with Gasteiger partial charge in [0, 0.05) is 38.3 Å². The maximum Gasteiger partial charge on any atom is 0.117 e. The fourth-order valence-electron chi connectivity index (χ4n) is 2.73. The van der Waals surface area contributed by atoms with Gasteiger partial charge in [0.2, 0.25) is 0 Å². The number of morpholine rings is 1. The summed E-state index contributed by atoms with van der Waals surface area (Å²) in [5, 5.41) is 12.7. The minimum Gasteiger partial charge on any atom is -0.379 e. The van der Waals surface area contributed by atoms with E-state index in [0.717, 1.165) is 69.4 Å². The zero-order valence-corrected chi connectivity index (χ0v) is 13.7. The lowest BCUT2D eigenvalue weighted by molar-refractivity contribution is 0.0384. The van der Waals surface area contributed by atoms with Gasteiger partial charge in [0.25, 0.3) is 0 Å². The molecule has 0 atom stereocenters. The average Bonchev–Trinajstić information content (AvgIpc) is 3.04. The second-order valence-corrected chi connectivity index (χ2v) is 5.68. The van der Waals surface area contributed by atoms with Crippen molar-refractivity contribution in [2.24, 2.45) is 0 Å². The minimum absolute atomic E-state index is 0.745. The highest BCUT2D eigenvalue weighted by Gasteiger charge is 2.13. The summed E-state index contributed by atoms with van der Waals surface area (Å²) in [5.41, 5.74) is 3.11. The lowest BCUT2D eigenvalue weighted by Gasteiger charge is -2.26. The van der Waals surface area contributed by atoms with Gasteiger partial charge in [-0.1, -0.05) is 30.3 Å². The molecule has 23 heavy (non-hydrogen) atoms. The fraction of sp³-hybridized carbons (Fsp3) is 0.529. The fourth-order valence-corrected chi connectivity index (χ4v) is 2.73. The van der Waals surface area contributed by atoms with E-state index in [1.54, 1.807) is 4.80 Å². The molecule has 2 aromatic rings. The number of benzene rings is 1. The number of aromatic nitrogens is 3. The Bertz CT molecular complexity index is 592. The van der Waals surface area contributed by atoms with Crippen LogP contribution in [0.1, 0.15) is 12.6 Å². The lowest BCUT2D eigenvalue weighted by Crippen LogP contribution is -2.40. The van der Waals surface area contributed by atoms with Gasteiger partial charge in [-0.2, -0.15) is 15.0 Å². The number of aryl methyl sites for hydroxylation is 1. The third-order valence-electron chi connectivity index (χ3n) is 4.06. The molecule has 0 spiro atoms. The van der Waals surface area contributed by atoms with Gasteiger partial charge in [0.1, 0.15) is 11.4 Å². The summed E-state index contributed by atoms with van der Waals surface area (Å²) in [4.78, 5) is 4.19. The van der Waals surface area contributed by atoms with Crippen molar-refractivity contribution < 1.29 is 4.74 Å². The minimum atomic E-state index is 0.745. The summed E-state index contributed by atoms with van der Waals surface area (Å²) in [6, 6.07) is 10.3. The first-order valence-electron chi connectivity index (χ1n) is 8.37. The molecule has 0 radical (unpaired) electrons. The van der Waals surface area contributed by atoms with Crippen LogP contribution in [0.4, 0.5) is 0 Å². The van der Waals surface area contributed by atoms with Crippen LogP contribution >= 0.6 is 0 Å². The van der Waals surface area contributed by atoms with E-state index in [9.17, 15) is 0 Å². The van der Waals surface area contributed by atoms with Crippen molar-refractivity contribution >= 4 is 0 Å². The summed E-state index contributed by atoms with van der Waals surface area (Å²) in [5.74, 6) is 0. The largest absolute Gasteiger partial charge is 0.379 e. The molecule has 0 aliphatic carbocycles. The molecule has 1 aliphatic rings. The highest BCUT2D eigenvalue weighted by molar-refractivity contribution is 5.60. The van der Waals surface area contributed by atoms with Gasteiger partial charge < -0.3 is 10.1 Å². The quantitative estimate of drug-likeness (QED) is 0.783. The standard InChI is InChI=1S/C17H25N5O/c1-2-22-19-16(17(20-22)15-6-4-3-5-7-15)14-18-8-9-21-10-12-23-13-11-21/h3-7,18H,2,8-14H2,1H3. The van der Waals surface area contributed by atoms with E-state index in [4.69, 9.17) is 4.74 Å². The van der Waals surface area contributed by atoms with Crippen LogP contribution in [-0.4, -0.2) is 59.3 Å². The summed E-state index contributed by atoms with van der Waals surface area (Å²) in [6.45, 7) is 9.35. The van der Waals surface area contributed by atoms with E-state index in [0.29, 0.717) is 0 Å². The number of nitrogens with zero attached hydrogens (tertiary/aromatic N) is 4. The Balaban J connectivity index is 1.57. The number of nitrogens with one attached hydrogen (secondary N) is 1. The van der Waals surface area contributed by atoms with Crippen molar-refractivity contribution in [1.29, 1.82) is 0 Å². The molecule has 0 saturated carbocycles. The molecule has 1 aromatic heterocycles. The van der Waals surface area contributed by atoms with E-state index in [2.05, 4.69) is 39.5 Å². The molecule has 1 fully saturated rings. The molecular formula is C17H25N5O. The maximum atomic E-state index is 5.37. The maximum absolute atomic E-state index is 5.37. The van der Waals surface area contributed by atoms with Crippen LogP contribution in [0.5, 0.6) is 0 Å². The molecule has 6 heteroatoms. The number of hydrogen-bond acceptors (Lipinski definition) is 5. The summed E-state index contributed by atoms with van der Waals surface area (Å²) in [7, 11) is 0. The summed E-state index contributed by atoms with van der Waals surface area (Å²) >= 11 is 0. The molecule has 0 unspecified atom stereocenters. The Kier molecular flexibility index (Phi) is 5.74. The Hall–Kier alpha value is -1.76. The highest BCUT2D eigenvalue weighted by atomic mass is 16.5. The first-order chi connectivity index (χ1) is 11.4. The van der Waals surface area contributed by atoms with Crippen LogP contribution in [0.15, 0.2) is 30.3 Å². The molecule has 1 aliphatic heterocycles. The predicted molar refractivity (Wildman–Crippen MR) is 90.1 cm³/mol. The molecule has 3 rings (SSSR count). The van der Waals surface area contributed by atoms with Crippen molar-refractivity contribution in [3.8, 4) is 11.3 Å². The van der Waals surface area contributed by atoms with Crippen molar-refractivity contribution in [1.82, 2.24) is 25.2 Å². The number of ether oxygens (including phenoxy) is 1. The molecule has 2 heterocycles. The Morgan fingerprint density at radius 3 is 2.65 bits per heavy atom. The Morgan fingerprint density at radius 2 is 1.91 bits per heavy atom. The van der Waals surface area contributed by atoms with Crippen LogP contribution in [0.3, 0.4) is 0 Å². The Morgan fingerprint density at radius 1 is 1.13 bits per heavy atom.